The highest BCUT2D eigenvalue weighted by Gasteiger charge is 2.15. The molecule has 3 aromatic rings. The normalized spacial score (nSPS) is 10.4. The third-order valence-electron chi connectivity index (χ3n) is 3.61. The van der Waals surface area contributed by atoms with Crippen LogP contribution in [0.5, 0.6) is 5.75 Å². The van der Waals surface area contributed by atoms with E-state index in [9.17, 15) is 4.79 Å². The zero-order chi connectivity index (χ0) is 18.5. The third-order valence-corrected chi connectivity index (χ3v) is 3.86. The fraction of sp³-hybridized carbons (Fsp3) is 0.167. The fourth-order valence-electron chi connectivity index (χ4n) is 2.23. The van der Waals surface area contributed by atoms with Crippen LogP contribution in [0.3, 0.4) is 0 Å². The highest BCUT2D eigenvalue weighted by atomic mass is 35.5. The molecule has 3 rings (SSSR count). The van der Waals surface area contributed by atoms with Gasteiger partial charge in [-0.1, -0.05) is 22.8 Å². The first-order chi connectivity index (χ1) is 12.5. The maximum Gasteiger partial charge on any atom is 0.322 e. The average Bonchev–Trinajstić information content (AvgIpc) is 3.11. The maximum absolute atomic E-state index is 12.3. The summed E-state index contributed by atoms with van der Waals surface area (Å²) in [4.78, 5) is 18.0. The van der Waals surface area contributed by atoms with Crippen molar-refractivity contribution < 1.29 is 14.1 Å². The number of amides is 2. The van der Waals surface area contributed by atoms with Crippen LogP contribution < -0.4 is 10.1 Å². The Bertz CT molecular complexity index is 895. The number of anilines is 1. The number of halogens is 1. The van der Waals surface area contributed by atoms with Crippen LogP contribution in [0.4, 0.5) is 10.5 Å². The summed E-state index contributed by atoms with van der Waals surface area (Å²) in [7, 11) is 3.21. The van der Waals surface area contributed by atoms with E-state index in [4.69, 9.17) is 20.9 Å². The van der Waals surface area contributed by atoms with Gasteiger partial charge >= 0.3 is 6.03 Å². The summed E-state index contributed by atoms with van der Waals surface area (Å²) in [6, 6.07) is 13.9. The molecule has 1 heterocycles. The van der Waals surface area contributed by atoms with E-state index in [1.165, 1.54) is 4.90 Å². The van der Waals surface area contributed by atoms with Crippen LogP contribution in [0.15, 0.2) is 53.1 Å². The summed E-state index contributed by atoms with van der Waals surface area (Å²) in [5, 5.41) is 7.35. The van der Waals surface area contributed by atoms with Gasteiger partial charge in [0.05, 0.1) is 7.11 Å². The molecule has 1 aromatic heterocycles. The number of carbonyl (C=O) groups is 1. The molecule has 0 unspecified atom stereocenters. The van der Waals surface area contributed by atoms with Gasteiger partial charge in [0, 0.05) is 29.4 Å². The minimum absolute atomic E-state index is 0.177. The third kappa shape index (κ3) is 4.31. The topological polar surface area (TPSA) is 80.5 Å². The quantitative estimate of drug-likeness (QED) is 0.730. The van der Waals surface area contributed by atoms with Crippen molar-refractivity contribution in [3.63, 3.8) is 0 Å². The molecule has 0 saturated carbocycles. The van der Waals surface area contributed by atoms with Gasteiger partial charge in [-0.3, -0.25) is 0 Å². The maximum atomic E-state index is 12.3. The number of benzene rings is 2. The molecule has 8 heteroatoms. The minimum Gasteiger partial charge on any atom is -0.497 e. The Morgan fingerprint density at radius 1 is 1.27 bits per heavy atom. The minimum atomic E-state index is -0.301. The molecule has 0 aliphatic carbocycles. The molecule has 1 N–H and O–H groups in total. The zero-order valence-corrected chi connectivity index (χ0v) is 15.0. The van der Waals surface area contributed by atoms with Crippen LogP contribution in [0.2, 0.25) is 5.02 Å². The standard InChI is InChI=1S/C18H17ClN4O3/c1-23(18(24)20-14-4-3-5-15(10-14)25-2)11-16-21-17(22-26-16)12-6-8-13(19)9-7-12/h3-10H,11H2,1-2H3,(H,20,24). The Hall–Kier alpha value is -3.06. The van der Waals surface area contributed by atoms with E-state index in [1.54, 1.807) is 62.7 Å². The van der Waals surface area contributed by atoms with Crippen molar-refractivity contribution in [2.24, 2.45) is 0 Å². The predicted molar refractivity (Wildman–Crippen MR) is 98.2 cm³/mol. The number of nitrogens with zero attached hydrogens (tertiary/aromatic N) is 3. The lowest BCUT2D eigenvalue weighted by Gasteiger charge is -2.16. The summed E-state index contributed by atoms with van der Waals surface area (Å²) in [5.74, 6) is 1.44. The van der Waals surface area contributed by atoms with Gasteiger partial charge in [-0.05, 0) is 36.4 Å². The van der Waals surface area contributed by atoms with Crippen molar-refractivity contribution in [2.45, 2.75) is 6.54 Å². The second-order valence-corrected chi connectivity index (χ2v) is 5.97. The molecular weight excluding hydrogens is 356 g/mol. The lowest BCUT2D eigenvalue weighted by atomic mass is 10.2. The number of ether oxygens (including phenoxy) is 1. The van der Waals surface area contributed by atoms with E-state index in [1.807, 2.05) is 0 Å². The van der Waals surface area contributed by atoms with Crippen molar-refractivity contribution >= 4 is 23.3 Å². The monoisotopic (exact) mass is 372 g/mol. The molecule has 0 bridgehead atoms. The van der Waals surface area contributed by atoms with Gasteiger partial charge < -0.3 is 19.5 Å². The number of urea groups is 1. The van der Waals surface area contributed by atoms with Gasteiger partial charge in [0.2, 0.25) is 11.7 Å². The molecule has 0 radical (unpaired) electrons. The van der Waals surface area contributed by atoms with Crippen LogP contribution in [-0.2, 0) is 6.54 Å². The van der Waals surface area contributed by atoms with E-state index in [-0.39, 0.29) is 12.6 Å². The number of rotatable bonds is 5. The van der Waals surface area contributed by atoms with Crippen molar-refractivity contribution in [1.29, 1.82) is 0 Å². The van der Waals surface area contributed by atoms with E-state index in [0.29, 0.717) is 28.2 Å². The van der Waals surface area contributed by atoms with Crippen molar-refractivity contribution in [3.05, 3.63) is 59.4 Å². The first-order valence-corrected chi connectivity index (χ1v) is 8.17. The lowest BCUT2D eigenvalue weighted by Crippen LogP contribution is -2.30. The van der Waals surface area contributed by atoms with Crippen LogP contribution >= 0.6 is 11.6 Å². The lowest BCUT2D eigenvalue weighted by molar-refractivity contribution is 0.213. The molecule has 134 valence electrons. The van der Waals surface area contributed by atoms with Crippen molar-refractivity contribution in [3.8, 4) is 17.1 Å². The number of methoxy groups -OCH3 is 1. The molecule has 7 nitrogen and oxygen atoms in total. The Labute approximate surface area is 155 Å². The summed E-state index contributed by atoms with van der Waals surface area (Å²) in [5.41, 5.74) is 1.42. The largest absolute Gasteiger partial charge is 0.497 e. The first-order valence-electron chi connectivity index (χ1n) is 7.80. The Morgan fingerprint density at radius 3 is 2.77 bits per heavy atom. The van der Waals surface area contributed by atoms with Gasteiger partial charge in [0.1, 0.15) is 12.3 Å². The first kappa shape index (κ1) is 17.8. The van der Waals surface area contributed by atoms with Crippen LogP contribution in [-0.4, -0.2) is 35.2 Å². The summed E-state index contributed by atoms with van der Waals surface area (Å²) >= 11 is 5.87. The van der Waals surface area contributed by atoms with Gasteiger partial charge in [0.15, 0.2) is 0 Å². The number of hydrogen-bond donors (Lipinski definition) is 1. The number of aromatic nitrogens is 2. The van der Waals surface area contributed by atoms with E-state index in [0.717, 1.165) is 5.56 Å². The van der Waals surface area contributed by atoms with Crippen LogP contribution in [0.1, 0.15) is 5.89 Å². The summed E-state index contributed by atoms with van der Waals surface area (Å²) in [6.45, 7) is 0.177. The molecule has 0 aliphatic rings. The van der Waals surface area contributed by atoms with Crippen LogP contribution in [0.25, 0.3) is 11.4 Å². The van der Waals surface area contributed by atoms with Crippen molar-refractivity contribution in [1.82, 2.24) is 15.0 Å². The molecule has 0 aliphatic heterocycles. The smallest absolute Gasteiger partial charge is 0.322 e. The predicted octanol–water partition coefficient (Wildman–Crippen LogP) is 4.06. The Balaban J connectivity index is 1.63. The average molecular weight is 373 g/mol. The number of carbonyl (C=O) groups excluding carboxylic acids is 1. The SMILES string of the molecule is COc1cccc(NC(=O)N(C)Cc2nc(-c3ccc(Cl)cc3)no2)c1. The molecule has 26 heavy (non-hydrogen) atoms. The Morgan fingerprint density at radius 2 is 2.04 bits per heavy atom. The summed E-state index contributed by atoms with van der Waals surface area (Å²) < 4.78 is 10.4. The van der Waals surface area contributed by atoms with Gasteiger partial charge in [-0.2, -0.15) is 4.98 Å². The zero-order valence-electron chi connectivity index (χ0n) is 14.3. The number of nitrogens with one attached hydrogen (secondary N) is 1. The van der Waals surface area contributed by atoms with Crippen LogP contribution in [0, 0.1) is 0 Å². The summed E-state index contributed by atoms with van der Waals surface area (Å²) in [6.07, 6.45) is 0. The van der Waals surface area contributed by atoms with E-state index < -0.39 is 0 Å². The van der Waals surface area contributed by atoms with Crippen molar-refractivity contribution in [2.75, 3.05) is 19.5 Å². The van der Waals surface area contributed by atoms with E-state index in [2.05, 4.69) is 15.5 Å². The number of hydrogen-bond acceptors (Lipinski definition) is 5. The second kappa shape index (κ2) is 7.88. The Kier molecular flexibility index (Phi) is 5.38. The van der Waals surface area contributed by atoms with Gasteiger partial charge in [0.25, 0.3) is 0 Å². The second-order valence-electron chi connectivity index (χ2n) is 5.54. The van der Waals surface area contributed by atoms with Gasteiger partial charge in [-0.15, -0.1) is 0 Å². The molecule has 2 amide bonds. The van der Waals surface area contributed by atoms with E-state index >= 15 is 0 Å². The molecule has 0 atom stereocenters. The molecule has 0 spiro atoms. The highest BCUT2D eigenvalue weighted by molar-refractivity contribution is 6.30. The van der Waals surface area contributed by atoms with Gasteiger partial charge in [-0.25, -0.2) is 4.79 Å². The molecule has 0 fully saturated rings. The molecule has 0 saturated heterocycles. The fourth-order valence-corrected chi connectivity index (χ4v) is 2.36. The highest BCUT2D eigenvalue weighted by Crippen LogP contribution is 2.20. The molecular formula is C18H17ClN4O3. The molecule has 2 aromatic carbocycles.